The number of nitrogens with two attached hydrogens (primary N) is 1. The Bertz CT molecular complexity index is 769. The maximum Gasteiger partial charge on any atom is 0.344 e. The van der Waals surface area contributed by atoms with Gasteiger partial charge in [0.05, 0.1) is 19.9 Å². The number of anilines is 1. The summed E-state index contributed by atoms with van der Waals surface area (Å²) in [5, 5.41) is 11.7. The summed E-state index contributed by atoms with van der Waals surface area (Å²) < 4.78 is 16.7. The van der Waals surface area contributed by atoms with Crippen LogP contribution in [0.15, 0.2) is 23.3 Å². The first-order valence-electron chi connectivity index (χ1n) is 7.47. The molecule has 27 heavy (non-hydrogen) atoms. The molecule has 3 N–H and O–H groups in total. The highest BCUT2D eigenvalue weighted by Crippen LogP contribution is 2.27. The summed E-state index contributed by atoms with van der Waals surface area (Å²) in [5.74, 6) is 7.03. The molecule has 0 aliphatic carbocycles. The van der Waals surface area contributed by atoms with Gasteiger partial charge in [-0.05, 0) is 37.6 Å². The van der Waals surface area contributed by atoms with E-state index in [0.717, 1.165) is 5.56 Å². The second-order valence-electron chi connectivity index (χ2n) is 4.81. The number of ether oxygens (including phenoxy) is 3. The average Bonchev–Trinajstić information content (AvgIpc) is 2.93. The Kier molecular flexibility index (Phi) is 10.6. The van der Waals surface area contributed by atoms with Gasteiger partial charge in [-0.25, -0.2) is 14.9 Å². The van der Waals surface area contributed by atoms with Crippen LogP contribution in [0.25, 0.3) is 0 Å². The van der Waals surface area contributed by atoms with E-state index in [9.17, 15) is 4.79 Å². The molecule has 12 heteroatoms. The van der Waals surface area contributed by atoms with Crippen LogP contribution in [0.4, 0.5) is 5.95 Å². The van der Waals surface area contributed by atoms with Crippen molar-refractivity contribution in [2.75, 3.05) is 31.6 Å². The smallest absolute Gasteiger partial charge is 0.344 e. The zero-order valence-corrected chi connectivity index (χ0v) is 16.7. The SMILES string of the molecule is CCOC(=O)COc1ccc(C=NNc2nnc(C)n2N)cc1OC.Cl.Cl. The molecule has 0 aliphatic heterocycles. The largest absolute Gasteiger partial charge is 0.493 e. The quantitative estimate of drug-likeness (QED) is 0.285. The normalized spacial score (nSPS) is 9.89. The molecule has 10 nitrogen and oxygen atoms in total. The van der Waals surface area contributed by atoms with Gasteiger partial charge in [0.2, 0.25) is 0 Å². The van der Waals surface area contributed by atoms with Gasteiger partial charge in [0.15, 0.2) is 23.9 Å². The number of benzene rings is 1. The van der Waals surface area contributed by atoms with Crippen molar-refractivity contribution in [3.8, 4) is 11.5 Å². The molecule has 0 amide bonds. The Morgan fingerprint density at radius 1 is 1.33 bits per heavy atom. The first-order valence-corrected chi connectivity index (χ1v) is 7.47. The van der Waals surface area contributed by atoms with Crippen molar-refractivity contribution in [1.29, 1.82) is 0 Å². The molecule has 2 rings (SSSR count). The molecule has 0 saturated carbocycles. The van der Waals surface area contributed by atoms with Crippen LogP contribution < -0.4 is 20.7 Å². The van der Waals surface area contributed by atoms with Crippen molar-refractivity contribution in [3.05, 3.63) is 29.6 Å². The summed E-state index contributed by atoms with van der Waals surface area (Å²) in [6.45, 7) is 3.57. The Balaban J connectivity index is 0.00000338. The van der Waals surface area contributed by atoms with Crippen molar-refractivity contribution in [2.45, 2.75) is 13.8 Å². The van der Waals surface area contributed by atoms with Crippen LogP contribution in [0.3, 0.4) is 0 Å². The summed E-state index contributed by atoms with van der Waals surface area (Å²) >= 11 is 0. The summed E-state index contributed by atoms with van der Waals surface area (Å²) in [5.41, 5.74) is 3.43. The summed E-state index contributed by atoms with van der Waals surface area (Å²) in [4.78, 5) is 11.3. The van der Waals surface area contributed by atoms with E-state index in [1.165, 1.54) is 11.8 Å². The Hall–Kier alpha value is -2.72. The van der Waals surface area contributed by atoms with Crippen LogP contribution >= 0.6 is 24.8 Å². The lowest BCUT2D eigenvalue weighted by molar-refractivity contribution is -0.145. The summed E-state index contributed by atoms with van der Waals surface area (Å²) in [6, 6.07) is 5.14. The lowest BCUT2D eigenvalue weighted by atomic mass is 10.2. The third-order valence-corrected chi connectivity index (χ3v) is 3.08. The fraction of sp³-hybridized carbons (Fsp3) is 0.333. The maximum absolute atomic E-state index is 11.3. The first kappa shape index (κ1) is 24.3. The van der Waals surface area contributed by atoms with Gasteiger partial charge in [0.25, 0.3) is 5.95 Å². The minimum absolute atomic E-state index is 0. The topological polar surface area (TPSA) is 126 Å². The van der Waals surface area contributed by atoms with E-state index in [1.54, 1.807) is 38.3 Å². The number of hydrogen-bond donors (Lipinski definition) is 2. The summed E-state index contributed by atoms with van der Waals surface area (Å²) in [6.07, 6.45) is 1.56. The minimum Gasteiger partial charge on any atom is -0.493 e. The van der Waals surface area contributed by atoms with Gasteiger partial charge >= 0.3 is 5.97 Å². The van der Waals surface area contributed by atoms with Crippen molar-refractivity contribution in [2.24, 2.45) is 5.10 Å². The van der Waals surface area contributed by atoms with E-state index in [2.05, 4.69) is 20.7 Å². The molecular weight excluding hydrogens is 399 g/mol. The highest BCUT2D eigenvalue weighted by molar-refractivity contribution is 5.85. The lowest BCUT2D eigenvalue weighted by Gasteiger charge is -2.10. The van der Waals surface area contributed by atoms with Gasteiger partial charge in [0.1, 0.15) is 0 Å². The molecule has 0 fully saturated rings. The molecule has 0 saturated heterocycles. The van der Waals surface area contributed by atoms with E-state index in [0.29, 0.717) is 29.9 Å². The van der Waals surface area contributed by atoms with Crippen LogP contribution in [0, 0.1) is 6.92 Å². The van der Waals surface area contributed by atoms with Gasteiger partial charge in [-0.1, -0.05) is 0 Å². The highest BCUT2D eigenvalue weighted by Gasteiger charge is 2.09. The molecule has 0 spiro atoms. The molecule has 1 aromatic carbocycles. The molecule has 1 heterocycles. The van der Waals surface area contributed by atoms with E-state index in [-0.39, 0.29) is 31.4 Å². The van der Waals surface area contributed by atoms with Crippen molar-refractivity contribution in [3.63, 3.8) is 0 Å². The van der Waals surface area contributed by atoms with Crippen LogP contribution in [0.1, 0.15) is 18.3 Å². The molecule has 0 atom stereocenters. The number of carbonyl (C=O) groups is 1. The molecule has 0 aliphatic rings. The van der Waals surface area contributed by atoms with Gasteiger partial charge in [-0.15, -0.1) is 35.0 Å². The molecule has 0 bridgehead atoms. The average molecular weight is 421 g/mol. The number of rotatable bonds is 8. The zero-order chi connectivity index (χ0) is 18.2. The zero-order valence-electron chi connectivity index (χ0n) is 15.0. The number of nitrogen functional groups attached to an aromatic ring is 1. The van der Waals surface area contributed by atoms with E-state index in [4.69, 9.17) is 20.1 Å². The molecule has 0 radical (unpaired) electrons. The number of nitrogens with zero attached hydrogens (tertiary/aromatic N) is 4. The molecule has 0 unspecified atom stereocenters. The Morgan fingerprint density at radius 3 is 2.67 bits per heavy atom. The summed E-state index contributed by atoms with van der Waals surface area (Å²) in [7, 11) is 1.51. The predicted molar refractivity (Wildman–Crippen MR) is 106 cm³/mol. The van der Waals surface area contributed by atoms with Crippen LogP contribution in [0.2, 0.25) is 0 Å². The fourth-order valence-electron chi connectivity index (χ4n) is 1.83. The molecular formula is C15H22Cl2N6O4. The molecule has 150 valence electrons. The Morgan fingerprint density at radius 2 is 2.07 bits per heavy atom. The van der Waals surface area contributed by atoms with Gasteiger partial charge in [0, 0.05) is 0 Å². The lowest BCUT2D eigenvalue weighted by Crippen LogP contribution is -2.15. The van der Waals surface area contributed by atoms with Gasteiger partial charge in [-0.3, -0.25) is 0 Å². The van der Waals surface area contributed by atoms with E-state index < -0.39 is 5.97 Å². The number of aryl methyl sites for hydroxylation is 1. The standard InChI is InChI=1S/C15H20N6O4.2ClH/c1-4-24-14(22)9-25-12-6-5-11(7-13(12)23-3)8-17-19-15-20-18-10(2)21(15)16;;/h5-8H,4,9,16H2,1-3H3,(H,19,20);2*1H. The Labute approximate surface area is 168 Å². The second kappa shape index (κ2) is 11.8. The van der Waals surface area contributed by atoms with Crippen molar-refractivity contribution >= 4 is 42.9 Å². The number of halogens is 2. The van der Waals surface area contributed by atoms with Gasteiger partial charge < -0.3 is 20.1 Å². The van der Waals surface area contributed by atoms with E-state index in [1.807, 2.05) is 0 Å². The van der Waals surface area contributed by atoms with Crippen molar-refractivity contribution in [1.82, 2.24) is 14.9 Å². The maximum atomic E-state index is 11.3. The number of esters is 1. The molecule has 2 aromatic rings. The van der Waals surface area contributed by atoms with Crippen LogP contribution in [-0.2, 0) is 9.53 Å². The van der Waals surface area contributed by atoms with E-state index >= 15 is 0 Å². The minimum atomic E-state index is -0.444. The molecule has 1 aromatic heterocycles. The number of carbonyl (C=O) groups excluding carboxylic acids is 1. The number of aromatic nitrogens is 3. The van der Waals surface area contributed by atoms with Crippen LogP contribution in [0.5, 0.6) is 11.5 Å². The fourth-order valence-corrected chi connectivity index (χ4v) is 1.83. The number of nitrogens with one attached hydrogen (secondary N) is 1. The monoisotopic (exact) mass is 420 g/mol. The second-order valence-corrected chi connectivity index (χ2v) is 4.81. The number of hydrogen-bond acceptors (Lipinski definition) is 9. The number of methoxy groups -OCH3 is 1. The third kappa shape index (κ3) is 6.83. The number of hydrazone groups is 1. The van der Waals surface area contributed by atoms with Crippen LogP contribution in [-0.4, -0.2) is 47.4 Å². The third-order valence-electron chi connectivity index (χ3n) is 3.08. The first-order chi connectivity index (χ1) is 12.0. The van der Waals surface area contributed by atoms with Gasteiger partial charge in [-0.2, -0.15) is 5.10 Å². The highest BCUT2D eigenvalue weighted by atomic mass is 35.5. The predicted octanol–water partition coefficient (Wildman–Crippen LogP) is 1.54. The van der Waals surface area contributed by atoms with Crippen molar-refractivity contribution < 1.29 is 19.0 Å².